The van der Waals surface area contributed by atoms with Gasteiger partial charge in [0.25, 0.3) is 0 Å². The van der Waals surface area contributed by atoms with Gasteiger partial charge in [-0.3, -0.25) is 9.59 Å². The zero-order valence-corrected chi connectivity index (χ0v) is 14.3. The van der Waals surface area contributed by atoms with E-state index in [-0.39, 0.29) is 23.0 Å². The number of Topliss-reactive ketones (excluding diaryl/α,β-unsaturated/α-hetero) is 1. The molecule has 1 amide bonds. The summed E-state index contributed by atoms with van der Waals surface area (Å²) in [6, 6.07) is 9.85. The number of ketones is 1. The van der Waals surface area contributed by atoms with Crippen LogP contribution in [0.5, 0.6) is 0 Å². The van der Waals surface area contributed by atoms with Gasteiger partial charge in [0.15, 0.2) is 5.78 Å². The van der Waals surface area contributed by atoms with E-state index >= 15 is 0 Å². The van der Waals surface area contributed by atoms with E-state index in [1.54, 1.807) is 6.92 Å². The normalized spacial score (nSPS) is 25.7. The van der Waals surface area contributed by atoms with Crippen LogP contribution in [0, 0.1) is 17.3 Å². The van der Waals surface area contributed by atoms with Gasteiger partial charge < -0.3 is 5.32 Å². The van der Waals surface area contributed by atoms with Crippen molar-refractivity contribution in [3.05, 3.63) is 47.2 Å². The number of hydrogen-bond donors (Lipinski definition) is 1. The first-order valence-corrected chi connectivity index (χ1v) is 8.47. The summed E-state index contributed by atoms with van der Waals surface area (Å²) in [7, 11) is 0. The Morgan fingerprint density at radius 1 is 1.26 bits per heavy atom. The Bertz CT molecular complexity index is 672. The molecule has 3 nitrogen and oxygen atoms in total. The molecule has 2 aliphatic carbocycles. The molecule has 122 valence electrons. The van der Waals surface area contributed by atoms with Gasteiger partial charge in [-0.1, -0.05) is 51.1 Å². The predicted octanol–water partition coefficient (Wildman–Crippen LogP) is 3.82. The van der Waals surface area contributed by atoms with Crippen molar-refractivity contribution in [2.45, 2.75) is 46.5 Å². The third kappa shape index (κ3) is 2.62. The summed E-state index contributed by atoms with van der Waals surface area (Å²) in [5.41, 5.74) is 2.96. The summed E-state index contributed by atoms with van der Waals surface area (Å²) in [6.45, 7) is 8.06. The van der Waals surface area contributed by atoms with E-state index in [0.29, 0.717) is 11.8 Å². The molecule has 0 saturated heterocycles. The molecule has 1 aromatic rings. The minimum absolute atomic E-state index is 0.00607. The van der Waals surface area contributed by atoms with Crippen LogP contribution in [-0.4, -0.2) is 11.7 Å². The van der Waals surface area contributed by atoms with Crippen molar-refractivity contribution >= 4 is 11.7 Å². The van der Waals surface area contributed by atoms with E-state index in [1.807, 2.05) is 37.3 Å². The largest absolute Gasteiger partial charge is 0.329 e. The number of carbonyl (C=O) groups is 2. The quantitative estimate of drug-likeness (QED) is 0.898. The van der Waals surface area contributed by atoms with E-state index in [9.17, 15) is 9.59 Å². The van der Waals surface area contributed by atoms with Crippen molar-refractivity contribution in [1.29, 1.82) is 0 Å². The van der Waals surface area contributed by atoms with Gasteiger partial charge in [-0.05, 0) is 42.6 Å². The first-order chi connectivity index (χ1) is 10.9. The standard InChI is InChI=1S/C20H25NO2/c1-5-14(13-9-7-6-8-10-13)19(23)21-16-11-15-18(20(15,3)4)17(16)12(2)22/h6-10,14-15,18H,5,11H2,1-4H3,(H,21,23). The smallest absolute Gasteiger partial charge is 0.231 e. The van der Waals surface area contributed by atoms with Crippen LogP contribution in [0.4, 0.5) is 0 Å². The van der Waals surface area contributed by atoms with Gasteiger partial charge in [-0.15, -0.1) is 0 Å². The van der Waals surface area contributed by atoms with Crippen LogP contribution in [0.2, 0.25) is 0 Å². The molecule has 1 fully saturated rings. The van der Waals surface area contributed by atoms with Crippen molar-refractivity contribution in [2.75, 3.05) is 0 Å². The maximum atomic E-state index is 12.7. The van der Waals surface area contributed by atoms with Crippen LogP contribution in [0.3, 0.4) is 0 Å². The Labute approximate surface area is 138 Å². The summed E-state index contributed by atoms with van der Waals surface area (Å²) in [5.74, 6) is 0.778. The van der Waals surface area contributed by atoms with E-state index in [1.165, 1.54) is 0 Å². The minimum atomic E-state index is -0.165. The summed E-state index contributed by atoms with van der Waals surface area (Å²) < 4.78 is 0. The number of rotatable bonds is 5. The molecule has 0 radical (unpaired) electrons. The second-order valence-corrected chi connectivity index (χ2v) is 7.42. The van der Waals surface area contributed by atoms with Crippen LogP contribution in [0.25, 0.3) is 0 Å². The van der Waals surface area contributed by atoms with Crippen LogP contribution >= 0.6 is 0 Å². The van der Waals surface area contributed by atoms with Crippen molar-refractivity contribution in [2.24, 2.45) is 17.3 Å². The topological polar surface area (TPSA) is 46.2 Å². The molecule has 0 aromatic heterocycles. The number of allylic oxidation sites excluding steroid dienone is 2. The van der Waals surface area contributed by atoms with Crippen LogP contribution < -0.4 is 5.32 Å². The van der Waals surface area contributed by atoms with Gasteiger partial charge in [-0.25, -0.2) is 0 Å². The van der Waals surface area contributed by atoms with Gasteiger partial charge in [0.05, 0.1) is 5.92 Å². The highest BCUT2D eigenvalue weighted by molar-refractivity contribution is 5.97. The molecule has 0 spiro atoms. The number of amides is 1. The SMILES string of the molecule is CCC(C(=O)NC1=C(C(C)=O)C2C(C1)C2(C)C)c1ccccc1. The first-order valence-electron chi connectivity index (χ1n) is 8.47. The Morgan fingerprint density at radius 3 is 2.48 bits per heavy atom. The lowest BCUT2D eigenvalue weighted by molar-refractivity contribution is -0.122. The van der Waals surface area contributed by atoms with Gasteiger partial charge in [0.2, 0.25) is 5.91 Å². The Balaban J connectivity index is 1.81. The Hall–Kier alpha value is -1.90. The average Bonchev–Trinajstić information content (AvgIpc) is 2.85. The fraction of sp³-hybridized carbons (Fsp3) is 0.500. The summed E-state index contributed by atoms with van der Waals surface area (Å²) >= 11 is 0. The fourth-order valence-corrected chi connectivity index (χ4v) is 4.26. The molecule has 0 bridgehead atoms. The van der Waals surface area contributed by atoms with E-state index in [2.05, 4.69) is 19.2 Å². The molecule has 3 atom stereocenters. The molecule has 1 N–H and O–H groups in total. The highest BCUT2D eigenvalue weighted by Crippen LogP contribution is 2.68. The third-order valence-electron chi connectivity index (χ3n) is 5.69. The fourth-order valence-electron chi connectivity index (χ4n) is 4.26. The van der Waals surface area contributed by atoms with Crippen molar-refractivity contribution in [3.63, 3.8) is 0 Å². The summed E-state index contributed by atoms with van der Waals surface area (Å²) in [6.07, 6.45) is 1.57. The molecule has 1 saturated carbocycles. The zero-order chi connectivity index (χ0) is 16.8. The maximum Gasteiger partial charge on any atom is 0.231 e. The van der Waals surface area contributed by atoms with Crippen molar-refractivity contribution in [3.8, 4) is 0 Å². The number of hydrogen-bond acceptors (Lipinski definition) is 2. The predicted molar refractivity (Wildman–Crippen MR) is 90.7 cm³/mol. The molecule has 0 aliphatic heterocycles. The summed E-state index contributed by atoms with van der Waals surface area (Å²) in [5, 5.41) is 3.08. The first kappa shape index (κ1) is 16.0. The van der Waals surface area contributed by atoms with Gasteiger partial charge in [0, 0.05) is 11.3 Å². The molecular formula is C20H25NO2. The van der Waals surface area contributed by atoms with Gasteiger partial charge in [-0.2, -0.15) is 0 Å². The summed E-state index contributed by atoms with van der Waals surface area (Å²) in [4.78, 5) is 24.8. The minimum Gasteiger partial charge on any atom is -0.329 e. The number of benzene rings is 1. The highest BCUT2D eigenvalue weighted by atomic mass is 16.2. The molecule has 3 rings (SSSR count). The Kier molecular flexibility index (Phi) is 3.91. The second-order valence-electron chi connectivity index (χ2n) is 7.42. The monoisotopic (exact) mass is 311 g/mol. The Morgan fingerprint density at radius 2 is 1.91 bits per heavy atom. The van der Waals surface area contributed by atoms with E-state index in [0.717, 1.165) is 29.7 Å². The lowest BCUT2D eigenvalue weighted by atomic mass is 9.93. The maximum absolute atomic E-state index is 12.7. The average molecular weight is 311 g/mol. The van der Waals surface area contributed by atoms with Gasteiger partial charge >= 0.3 is 0 Å². The van der Waals surface area contributed by atoms with Crippen LogP contribution in [-0.2, 0) is 9.59 Å². The van der Waals surface area contributed by atoms with Crippen molar-refractivity contribution < 1.29 is 9.59 Å². The zero-order valence-electron chi connectivity index (χ0n) is 14.3. The number of fused-ring (bicyclic) bond motifs is 1. The van der Waals surface area contributed by atoms with Crippen LogP contribution in [0.1, 0.15) is 52.0 Å². The molecular weight excluding hydrogens is 286 g/mol. The van der Waals surface area contributed by atoms with E-state index in [4.69, 9.17) is 0 Å². The third-order valence-corrected chi connectivity index (χ3v) is 5.69. The highest BCUT2D eigenvalue weighted by Gasteiger charge is 2.64. The lowest BCUT2D eigenvalue weighted by Gasteiger charge is -2.19. The molecule has 2 aliphatic rings. The molecule has 23 heavy (non-hydrogen) atoms. The molecule has 3 unspecified atom stereocenters. The van der Waals surface area contributed by atoms with Crippen molar-refractivity contribution in [1.82, 2.24) is 5.32 Å². The van der Waals surface area contributed by atoms with E-state index < -0.39 is 0 Å². The van der Waals surface area contributed by atoms with Gasteiger partial charge in [0.1, 0.15) is 0 Å². The number of carbonyl (C=O) groups excluding carboxylic acids is 2. The number of nitrogens with one attached hydrogen (secondary N) is 1. The lowest BCUT2D eigenvalue weighted by Crippen LogP contribution is -2.30. The second kappa shape index (κ2) is 5.63. The molecule has 3 heteroatoms. The molecule has 1 aromatic carbocycles. The van der Waals surface area contributed by atoms with Crippen LogP contribution in [0.15, 0.2) is 41.6 Å². The molecule has 0 heterocycles.